The van der Waals surface area contributed by atoms with Crippen molar-refractivity contribution in [1.29, 1.82) is 0 Å². The van der Waals surface area contributed by atoms with E-state index < -0.39 is 0 Å². The van der Waals surface area contributed by atoms with Crippen molar-refractivity contribution < 1.29 is 4.39 Å². The third-order valence-corrected chi connectivity index (χ3v) is 4.36. The van der Waals surface area contributed by atoms with Gasteiger partial charge in [-0.3, -0.25) is 0 Å². The van der Waals surface area contributed by atoms with Gasteiger partial charge < -0.3 is 9.88 Å². The van der Waals surface area contributed by atoms with E-state index >= 15 is 0 Å². The molecule has 0 atom stereocenters. The number of halogens is 2. The standard InChI is InChI=1S/C17H16BrFN2/c1-20-10-13-4-2-3-12-7-8-21(17(12)13)11-14-9-15(19)5-6-16(14)18/h2-9,20H,10-11H2,1H3. The molecule has 0 radical (unpaired) electrons. The number of hydrogen-bond donors (Lipinski definition) is 1. The lowest BCUT2D eigenvalue weighted by Crippen LogP contribution is -2.08. The molecule has 0 saturated carbocycles. The van der Waals surface area contributed by atoms with Crippen molar-refractivity contribution in [3.05, 3.63) is 70.1 Å². The molecule has 0 unspecified atom stereocenters. The van der Waals surface area contributed by atoms with E-state index in [-0.39, 0.29) is 5.82 Å². The lowest BCUT2D eigenvalue weighted by molar-refractivity contribution is 0.623. The monoisotopic (exact) mass is 346 g/mol. The van der Waals surface area contributed by atoms with E-state index in [2.05, 4.69) is 56.3 Å². The third kappa shape index (κ3) is 2.87. The molecule has 2 aromatic carbocycles. The molecular formula is C17H16BrFN2. The summed E-state index contributed by atoms with van der Waals surface area (Å²) >= 11 is 3.50. The van der Waals surface area contributed by atoms with E-state index in [1.165, 1.54) is 22.5 Å². The molecule has 1 aromatic heterocycles. The second kappa shape index (κ2) is 6.00. The van der Waals surface area contributed by atoms with Gasteiger partial charge in [0.05, 0.1) is 5.52 Å². The zero-order valence-electron chi connectivity index (χ0n) is 11.7. The number of benzene rings is 2. The Hall–Kier alpha value is -1.65. The first-order valence-electron chi connectivity index (χ1n) is 6.84. The molecule has 4 heteroatoms. The van der Waals surface area contributed by atoms with E-state index in [0.717, 1.165) is 16.6 Å². The van der Waals surface area contributed by atoms with Crippen LogP contribution in [0.4, 0.5) is 4.39 Å². The Labute approximate surface area is 131 Å². The van der Waals surface area contributed by atoms with Crippen LogP contribution in [0.25, 0.3) is 10.9 Å². The topological polar surface area (TPSA) is 17.0 Å². The predicted molar refractivity (Wildman–Crippen MR) is 87.9 cm³/mol. The van der Waals surface area contributed by atoms with Gasteiger partial charge in [-0.25, -0.2) is 4.39 Å². The maximum atomic E-state index is 13.4. The van der Waals surface area contributed by atoms with Gasteiger partial charge in [0.2, 0.25) is 0 Å². The zero-order chi connectivity index (χ0) is 14.8. The summed E-state index contributed by atoms with van der Waals surface area (Å²) in [6, 6.07) is 13.2. The highest BCUT2D eigenvalue weighted by molar-refractivity contribution is 9.10. The van der Waals surface area contributed by atoms with Crippen LogP contribution in [0.3, 0.4) is 0 Å². The Morgan fingerprint density at radius 1 is 1.14 bits per heavy atom. The fourth-order valence-corrected chi connectivity index (χ4v) is 3.03. The second-order valence-electron chi connectivity index (χ2n) is 5.06. The van der Waals surface area contributed by atoms with Gasteiger partial charge in [0.1, 0.15) is 5.82 Å². The Bertz CT molecular complexity index is 780. The van der Waals surface area contributed by atoms with Crippen molar-refractivity contribution in [2.75, 3.05) is 7.05 Å². The molecule has 0 bridgehead atoms. The second-order valence-corrected chi connectivity index (χ2v) is 5.92. The van der Waals surface area contributed by atoms with Gasteiger partial charge in [-0.15, -0.1) is 0 Å². The molecular weight excluding hydrogens is 331 g/mol. The summed E-state index contributed by atoms with van der Waals surface area (Å²) in [5.74, 6) is -0.208. The highest BCUT2D eigenvalue weighted by Gasteiger charge is 2.09. The van der Waals surface area contributed by atoms with Crippen molar-refractivity contribution in [1.82, 2.24) is 9.88 Å². The number of hydrogen-bond acceptors (Lipinski definition) is 1. The van der Waals surface area contributed by atoms with Crippen molar-refractivity contribution >= 4 is 26.8 Å². The van der Waals surface area contributed by atoms with Gasteiger partial charge in [0.15, 0.2) is 0 Å². The molecule has 1 heterocycles. The maximum Gasteiger partial charge on any atom is 0.123 e. The number of fused-ring (bicyclic) bond motifs is 1. The average Bonchev–Trinajstić information content (AvgIpc) is 2.88. The molecule has 0 spiro atoms. The molecule has 108 valence electrons. The number of rotatable bonds is 4. The highest BCUT2D eigenvalue weighted by atomic mass is 79.9. The molecule has 0 aliphatic heterocycles. The number of aromatic nitrogens is 1. The summed E-state index contributed by atoms with van der Waals surface area (Å²) in [6.45, 7) is 1.45. The molecule has 1 N–H and O–H groups in total. The van der Waals surface area contributed by atoms with Crippen LogP contribution in [0.15, 0.2) is 53.1 Å². The Balaban J connectivity index is 2.06. The smallest absolute Gasteiger partial charge is 0.123 e. The van der Waals surface area contributed by atoms with Crippen LogP contribution in [0.2, 0.25) is 0 Å². The van der Waals surface area contributed by atoms with E-state index in [4.69, 9.17) is 0 Å². The lowest BCUT2D eigenvalue weighted by Gasteiger charge is -2.11. The maximum absolute atomic E-state index is 13.4. The first kappa shape index (κ1) is 14.3. The SMILES string of the molecule is CNCc1cccc2ccn(Cc3cc(F)ccc3Br)c12. The van der Waals surface area contributed by atoms with Crippen molar-refractivity contribution in [3.8, 4) is 0 Å². The molecule has 0 amide bonds. The van der Waals surface area contributed by atoms with Crippen LogP contribution in [-0.4, -0.2) is 11.6 Å². The van der Waals surface area contributed by atoms with Gasteiger partial charge in [-0.1, -0.05) is 34.1 Å². The highest BCUT2D eigenvalue weighted by Crippen LogP contribution is 2.24. The Kier molecular flexibility index (Phi) is 4.08. The fraction of sp³-hybridized carbons (Fsp3) is 0.176. The summed E-state index contributed by atoms with van der Waals surface area (Å²) in [4.78, 5) is 0. The fourth-order valence-electron chi connectivity index (χ4n) is 2.65. The summed E-state index contributed by atoms with van der Waals surface area (Å²) in [6.07, 6.45) is 2.06. The van der Waals surface area contributed by atoms with Crippen LogP contribution < -0.4 is 5.32 Å². The van der Waals surface area contributed by atoms with Gasteiger partial charge in [0, 0.05) is 23.8 Å². The Morgan fingerprint density at radius 3 is 2.81 bits per heavy atom. The van der Waals surface area contributed by atoms with Crippen molar-refractivity contribution in [2.24, 2.45) is 0 Å². The third-order valence-electron chi connectivity index (χ3n) is 3.59. The molecule has 3 rings (SSSR count). The van der Waals surface area contributed by atoms with E-state index in [0.29, 0.717) is 6.54 Å². The van der Waals surface area contributed by atoms with E-state index in [1.54, 1.807) is 12.1 Å². The minimum atomic E-state index is -0.208. The van der Waals surface area contributed by atoms with Crippen LogP contribution in [0, 0.1) is 5.82 Å². The van der Waals surface area contributed by atoms with Gasteiger partial charge in [-0.05, 0) is 47.8 Å². The minimum Gasteiger partial charge on any atom is -0.343 e. The summed E-state index contributed by atoms with van der Waals surface area (Å²) < 4.78 is 16.5. The summed E-state index contributed by atoms with van der Waals surface area (Å²) in [5, 5.41) is 4.40. The number of nitrogens with zero attached hydrogens (tertiary/aromatic N) is 1. The largest absolute Gasteiger partial charge is 0.343 e. The first-order chi connectivity index (χ1) is 10.2. The van der Waals surface area contributed by atoms with Crippen molar-refractivity contribution in [3.63, 3.8) is 0 Å². The molecule has 0 aliphatic carbocycles. The average molecular weight is 347 g/mol. The molecule has 2 nitrogen and oxygen atoms in total. The van der Waals surface area contributed by atoms with Crippen molar-refractivity contribution in [2.45, 2.75) is 13.1 Å². The van der Waals surface area contributed by atoms with E-state index in [9.17, 15) is 4.39 Å². The lowest BCUT2D eigenvalue weighted by atomic mass is 10.1. The minimum absolute atomic E-state index is 0.208. The van der Waals surface area contributed by atoms with Gasteiger partial charge >= 0.3 is 0 Å². The van der Waals surface area contributed by atoms with E-state index in [1.807, 2.05) is 7.05 Å². The quantitative estimate of drug-likeness (QED) is 0.744. The van der Waals surface area contributed by atoms with Gasteiger partial charge in [0.25, 0.3) is 0 Å². The summed E-state index contributed by atoms with van der Waals surface area (Å²) in [5.41, 5.74) is 3.38. The summed E-state index contributed by atoms with van der Waals surface area (Å²) in [7, 11) is 1.94. The Morgan fingerprint density at radius 2 is 2.00 bits per heavy atom. The first-order valence-corrected chi connectivity index (χ1v) is 7.63. The molecule has 0 fully saturated rings. The van der Waals surface area contributed by atoms with Crippen LogP contribution in [0.5, 0.6) is 0 Å². The zero-order valence-corrected chi connectivity index (χ0v) is 13.3. The molecule has 0 saturated heterocycles. The predicted octanol–water partition coefficient (Wildman–Crippen LogP) is 4.31. The normalized spacial score (nSPS) is 11.2. The number of nitrogens with one attached hydrogen (secondary N) is 1. The van der Waals surface area contributed by atoms with Crippen LogP contribution in [-0.2, 0) is 13.1 Å². The molecule has 3 aromatic rings. The number of para-hydroxylation sites is 1. The van der Waals surface area contributed by atoms with Crippen LogP contribution in [0.1, 0.15) is 11.1 Å². The molecule has 21 heavy (non-hydrogen) atoms. The molecule has 0 aliphatic rings. The van der Waals surface area contributed by atoms with Gasteiger partial charge in [-0.2, -0.15) is 0 Å². The van der Waals surface area contributed by atoms with Crippen LogP contribution >= 0.6 is 15.9 Å².